The molecule has 3 aromatic rings. The van der Waals surface area contributed by atoms with Gasteiger partial charge in [0.2, 0.25) is 0 Å². The number of carbonyl (C=O) groups excluding carboxylic acids is 1. The van der Waals surface area contributed by atoms with E-state index in [1.165, 1.54) is 0 Å². The van der Waals surface area contributed by atoms with E-state index < -0.39 is 0 Å². The van der Waals surface area contributed by atoms with Crippen LogP contribution in [0, 0.1) is 20.8 Å². The molecular weight excluding hydrogens is 330 g/mol. The number of para-hydroxylation sites is 1. The maximum atomic E-state index is 12.4. The Bertz CT molecular complexity index is 1020. The van der Waals surface area contributed by atoms with Crippen LogP contribution < -0.4 is 15.3 Å². The summed E-state index contributed by atoms with van der Waals surface area (Å²) in [5.74, 6) is 0.357. The molecule has 0 spiro atoms. The van der Waals surface area contributed by atoms with Crippen molar-refractivity contribution in [3.8, 4) is 5.75 Å². The van der Waals surface area contributed by atoms with Crippen LogP contribution in [-0.2, 0) is 4.79 Å². The number of amides is 1. The SMILES string of the molecule is Cc1c(C)c2ccc(OCC(=O)N(C)c3ccccc3)c(C)c2oc1=O. The summed E-state index contributed by atoms with van der Waals surface area (Å²) < 4.78 is 11.1. The summed E-state index contributed by atoms with van der Waals surface area (Å²) >= 11 is 0. The molecule has 0 radical (unpaired) electrons. The predicted octanol–water partition coefficient (Wildman–Crippen LogP) is 3.76. The first-order valence-corrected chi connectivity index (χ1v) is 8.38. The van der Waals surface area contributed by atoms with Gasteiger partial charge >= 0.3 is 5.63 Å². The third-order valence-electron chi connectivity index (χ3n) is 4.69. The van der Waals surface area contributed by atoms with Crippen molar-refractivity contribution in [3.63, 3.8) is 0 Å². The molecule has 0 fully saturated rings. The van der Waals surface area contributed by atoms with E-state index in [9.17, 15) is 9.59 Å². The molecule has 0 aliphatic carbocycles. The molecule has 0 bridgehead atoms. The molecule has 134 valence electrons. The Morgan fingerprint density at radius 1 is 1.00 bits per heavy atom. The Morgan fingerprint density at radius 2 is 1.69 bits per heavy atom. The zero-order chi connectivity index (χ0) is 18.8. The number of hydrogen-bond donors (Lipinski definition) is 0. The van der Waals surface area contributed by atoms with Gasteiger partial charge in [-0.25, -0.2) is 4.79 Å². The first-order valence-electron chi connectivity index (χ1n) is 8.38. The Labute approximate surface area is 151 Å². The minimum atomic E-state index is -0.352. The lowest BCUT2D eigenvalue weighted by atomic mass is 10.0. The molecule has 0 atom stereocenters. The number of benzene rings is 2. The number of carbonyl (C=O) groups is 1. The highest BCUT2D eigenvalue weighted by Crippen LogP contribution is 2.29. The van der Waals surface area contributed by atoms with Gasteiger partial charge < -0.3 is 14.1 Å². The second-order valence-electron chi connectivity index (χ2n) is 6.28. The van der Waals surface area contributed by atoms with Gasteiger partial charge in [-0.15, -0.1) is 0 Å². The summed E-state index contributed by atoms with van der Waals surface area (Å²) in [6.07, 6.45) is 0. The van der Waals surface area contributed by atoms with Crippen LogP contribution in [-0.4, -0.2) is 19.6 Å². The summed E-state index contributed by atoms with van der Waals surface area (Å²) in [7, 11) is 1.71. The second-order valence-corrected chi connectivity index (χ2v) is 6.28. The number of hydrogen-bond acceptors (Lipinski definition) is 4. The highest BCUT2D eigenvalue weighted by atomic mass is 16.5. The molecule has 26 heavy (non-hydrogen) atoms. The molecule has 2 aromatic carbocycles. The van der Waals surface area contributed by atoms with Crippen molar-refractivity contribution in [2.75, 3.05) is 18.6 Å². The lowest BCUT2D eigenvalue weighted by Crippen LogP contribution is -2.31. The quantitative estimate of drug-likeness (QED) is 0.672. The van der Waals surface area contributed by atoms with Gasteiger partial charge in [0.05, 0.1) is 0 Å². The van der Waals surface area contributed by atoms with Gasteiger partial charge in [-0.05, 0) is 50.6 Å². The number of rotatable bonds is 4. The van der Waals surface area contributed by atoms with E-state index >= 15 is 0 Å². The molecule has 3 rings (SSSR count). The second kappa shape index (κ2) is 7.04. The van der Waals surface area contributed by atoms with Gasteiger partial charge in [0.1, 0.15) is 11.3 Å². The van der Waals surface area contributed by atoms with Crippen LogP contribution in [0.4, 0.5) is 5.69 Å². The van der Waals surface area contributed by atoms with Gasteiger partial charge in [0.25, 0.3) is 5.91 Å². The fraction of sp³-hybridized carbons (Fsp3) is 0.238. The summed E-state index contributed by atoms with van der Waals surface area (Å²) in [4.78, 5) is 25.9. The number of nitrogens with zero attached hydrogens (tertiary/aromatic N) is 1. The van der Waals surface area contributed by atoms with Crippen molar-refractivity contribution >= 4 is 22.6 Å². The monoisotopic (exact) mass is 351 g/mol. The minimum Gasteiger partial charge on any atom is -0.483 e. The summed E-state index contributed by atoms with van der Waals surface area (Å²) in [6.45, 7) is 5.36. The lowest BCUT2D eigenvalue weighted by molar-refractivity contribution is -0.120. The van der Waals surface area contributed by atoms with Crippen molar-refractivity contribution in [2.24, 2.45) is 0 Å². The van der Waals surface area contributed by atoms with E-state index in [1.54, 1.807) is 24.9 Å². The van der Waals surface area contributed by atoms with Crippen LogP contribution in [0.2, 0.25) is 0 Å². The molecular formula is C21H21NO4. The van der Waals surface area contributed by atoms with E-state index in [0.29, 0.717) is 22.5 Å². The number of fused-ring (bicyclic) bond motifs is 1. The fourth-order valence-corrected chi connectivity index (χ4v) is 2.81. The Hall–Kier alpha value is -3.08. The van der Waals surface area contributed by atoms with Crippen molar-refractivity contribution in [2.45, 2.75) is 20.8 Å². The zero-order valence-corrected chi connectivity index (χ0v) is 15.3. The molecule has 1 aromatic heterocycles. The Kier molecular flexibility index (Phi) is 4.80. The molecule has 0 N–H and O–H groups in total. The molecule has 5 heteroatoms. The molecule has 1 amide bonds. The molecule has 5 nitrogen and oxygen atoms in total. The van der Waals surface area contributed by atoms with E-state index in [1.807, 2.05) is 50.2 Å². The molecule has 0 saturated carbocycles. The highest BCUT2D eigenvalue weighted by molar-refractivity contribution is 5.94. The third-order valence-corrected chi connectivity index (χ3v) is 4.69. The van der Waals surface area contributed by atoms with Crippen molar-refractivity contribution in [1.29, 1.82) is 0 Å². The van der Waals surface area contributed by atoms with Gasteiger partial charge in [-0.2, -0.15) is 0 Å². The predicted molar refractivity (Wildman–Crippen MR) is 102 cm³/mol. The molecule has 0 unspecified atom stereocenters. The number of ether oxygens (including phenoxy) is 1. The largest absolute Gasteiger partial charge is 0.483 e. The van der Waals surface area contributed by atoms with E-state index in [0.717, 1.165) is 16.6 Å². The van der Waals surface area contributed by atoms with Crippen LogP contribution in [0.5, 0.6) is 5.75 Å². The van der Waals surface area contributed by atoms with Gasteiger partial charge in [-0.1, -0.05) is 18.2 Å². The Balaban J connectivity index is 1.83. The topological polar surface area (TPSA) is 59.8 Å². The average molecular weight is 351 g/mol. The maximum absolute atomic E-state index is 12.4. The van der Waals surface area contributed by atoms with Crippen molar-refractivity contribution < 1.29 is 13.9 Å². The Morgan fingerprint density at radius 3 is 2.38 bits per heavy atom. The van der Waals surface area contributed by atoms with E-state index in [4.69, 9.17) is 9.15 Å². The maximum Gasteiger partial charge on any atom is 0.339 e. The van der Waals surface area contributed by atoms with Crippen LogP contribution in [0.3, 0.4) is 0 Å². The summed E-state index contributed by atoms with van der Waals surface area (Å²) in [6, 6.07) is 13.0. The molecule has 1 heterocycles. The zero-order valence-electron chi connectivity index (χ0n) is 15.3. The molecule has 0 aliphatic heterocycles. The number of anilines is 1. The smallest absolute Gasteiger partial charge is 0.339 e. The standard InChI is InChI=1S/C21H21NO4/c1-13-14(2)21(24)26-20-15(3)18(11-10-17(13)20)25-12-19(23)22(4)16-8-6-5-7-9-16/h5-11H,12H2,1-4H3. The fourth-order valence-electron chi connectivity index (χ4n) is 2.81. The first kappa shape index (κ1) is 17.7. The van der Waals surface area contributed by atoms with Crippen LogP contribution in [0.1, 0.15) is 16.7 Å². The van der Waals surface area contributed by atoms with Crippen LogP contribution in [0.25, 0.3) is 11.0 Å². The van der Waals surface area contributed by atoms with Gasteiger partial charge in [0.15, 0.2) is 6.61 Å². The lowest BCUT2D eigenvalue weighted by Gasteiger charge is -2.18. The minimum absolute atomic E-state index is 0.104. The average Bonchev–Trinajstić information content (AvgIpc) is 2.66. The highest BCUT2D eigenvalue weighted by Gasteiger charge is 2.15. The van der Waals surface area contributed by atoms with E-state index in [2.05, 4.69) is 0 Å². The number of likely N-dealkylation sites (N-methyl/N-ethyl adjacent to an activating group) is 1. The van der Waals surface area contributed by atoms with E-state index in [-0.39, 0.29) is 18.1 Å². The molecule has 0 saturated heterocycles. The summed E-state index contributed by atoms with van der Waals surface area (Å²) in [5, 5.41) is 0.875. The normalized spacial score (nSPS) is 10.8. The number of aryl methyl sites for hydroxylation is 2. The first-order chi connectivity index (χ1) is 12.4. The summed E-state index contributed by atoms with van der Waals surface area (Å²) in [5.41, 5.74) is 3.15. The van der Waals surface area contributed by atoms with Crippen molar-refractivity contribution in [1.82, 2.24) is 0 Å². The van der Waals surface area contributed by atoms with Gasteiger partial charge in [0, 0.05) is 29.2 Å². The molecule has 0 aliphatic rings. The van der Waals surface area contributed by atoms with Crippen LogP contribution >= 0.6 is 0 Å². The van der Waals surface area contributed by atoms with Crippen LogP contribution in [0.15, 0.2) is 51.7 Å². The van der Waals surface area contributed by atoms with Crippen molar-refractivity contribution in [3.05, 3.63) is 69.6 Å². The van der Waals surface area contributed by atoms with Gasteiger partial charge in [-0.3, -0.25) is 4.79 Å². The third kappa shape index (κ3) is 3.20.